The van der Waals surface area contributed by atoms with E-state index < -0.39 is 17.4 Å². The van der Waals surface area contributed by atoms with Gasteiger partial charge in [0.15, 0.2) is 5.78 Å². The first-order valence-electron chi connectivity index (χ1n) is 7.16. The largest absolute Gasteiger partial charge is 0.288 e. The van der Waals surface area contributed by atoms with Crippen LogP contribution in [0.2, 0.25) is 0 Å². The Morgan fingerprint density at radius 3 is 2.52 bits per heavy atom. The average Bonchev–Trinajstić information content (AvgIpc) is 2.40. The number of carbonyl (C=O) groups is 1. The first kappa shape index (κ1) is 13.9. The number of carbonyl (C=O) groups excluding carboxylic acids is 1. The molecule has 1 saturated carbocycles. The Hall–Kier alpha value is -2.03. The number of halogens is 2. The zero-order valence-electron chi connectivity index (χ0n) is 11.8. The lowest BCUT2D eigenvalue weighted by Gasteiger charge is -2.26. The van der Waals surface area contributed by atoms with Gasteiger partial charge in [-0.2, -0.15) is 0 Å². The van der Waals surface area contributed by atoms with E-state index in [4.69, 9.17) is 0 Å². The molecule has 0 amide bonds. The number of ketones is 1. The second-order valence-electron chi connectivity index (χ2n) is 5.66. The number of rotatable bonds is 3. The van der Waals surface area contributed by atoms with Crippen LogP contribution in [0.25, 0.3) is 0 Å². The summed E-state index contributed by atoms with van der Waals surface area (Å²) in [6, 6.07) is 9.41. The quantitative estimate of drug-likeness (QED) is 0.743. The third kappa shape index (κ3) is 2.60. The summed E-state index contributed by atoms with van der Waals surface area (Å²) >= 11 is 0. The van der Waals surface area contributed by atoms with E-state index in [1.807, 2.05) is 18.2 Å². The first-order valence-corrected chi connectivity index (χ1v) is 7.16. The smallest absolute Gasteiger partial charge is 0.195 e. The molecule has 1 fully saturated rings. The molecular formula is C18H16F2O. The van der Waals surface area contributed by atoms with Crippen molar-refractivity contribution < 1.29 is 13.6 Å². The maximum Gasteiger partial charge on any atom is 0.195 e. The molecule has 1 aliphatic rings. The zero-order valence-corrected chi connectivity index (χ0v) is 11.8. The lowest BCUT2D eigenvalue weighted by Crippen LogP contribution is -2.11. The van der Waals surface area contributed by atoms with Crippen LogP contribution in [0.5, 0.6) is 0 Å². The van der Waals surface area contributed by atoms with E-state index >= 15 is 0 Å². The van der Waals surface area contributed by atoms with Crippen molar-refractivity contribution in [2.75, 3.05) is 0 Å². The van der Waals surface area contributed by atoms with Gasteiger partial charge in [0.25, 0.3) is 0 Å². The highest BCUT2D eigenvalue weighted by Crippen LogP contribution is 2.36. The third-order valence-electron chi connectivity index (χ3n) is 4.22. The normalized spacial score (nSPS) is 14.8. The molecule has 2 aromatic rings. The Morgan fingerprint density at radius 1 is 1.10 bits per heavy atom. The van der Waals surface area contributed by atoms with Gasteiger partial charge in [-0.3, -0.25) is 4.79 Å². The molecule has 0 aliphatic heterocycles. The molecule has 21 heavy (non-hydrogen) atoms. The van der Waals surface area contributed by atoms with Crippen LogP contribution in [0.15, 0.2) is 36.4 Å². The van der Waals surface area contributed by atoms with Crippen LogP contribution in [0.3, 0.4) is 0 Å². The zero-order chi connectivity index (χ0) is 15.0. The lowest BCUT2D eigenvalue weighted by molar-refractivity contribution is 0.103. The number of hydrogen-bond donors (Lipinski definition) is 0. The van der Waals surface area contributed by atoms with Crippen molar-refractivity contribution in [1.82, 2.24) is 0 Å². The average molecular weight is 286 g/mol. The summed E-state index contributed by atoms with van der Waals surface area (Å²) in [5.41, 5.74) is 1.80. The van der Waals surface area contributed by atoms with Crippen molar-refractivity contribution in [2.24, 2.45) is 0 Å². The van der Waals surface area contributed by atoms with Crippen LogP contribution in [-0.2, 0) is 0 Å². The Balaban J connectivity index is 1.96. The van der Waals surface area contributed by atoms with Gasteiger partial charge in [0, 0.05) is 11.6 Å². The summed E-state index contributed by atoms with van der Waals surface area (Å²) in [5, 5.41) is 0. The molecular weight excluding hydrogens is 270 g/mol. The number of benzene rings is 2. The third-order valence-corrected chi connectivity index (χ3v) is 4.22. The highest BCUT2D eigenvalue weighted by molar-refractivity contribution is 6.09. The standard InChI is InChI=1S/C18H16F2O/c1-11-8-15(17(20)10-16(11)19)18(21)14-7-3-6-13(9-14)12-4-2-5-12/h3,6-10,12H,2,4-5H2,1H3. The van der Waals surface area contributed by atoms with E-state index in [1.165, 1.54) is 19.4 Å². The second kappa shape index (κ2) is 5.40. The molecule has 3 rings (SSSR count). The minimum atomic E-state index is -0.808. The summed E-state index contributed by atoms with van der Waals surface area (Å²) < 4.78 is 27.1. The molecule has 1 aliphatic carbocycles. The molecule has 0 atom stereocenters. The van der Waals surface area contributed by atoms with Crippen LogP contribution >= 0.6 is 0 Å². The van der Waals surface area contributed by atoms with Crippen LogP contribution in [-0.4, -0.2) is 5.78 Å². The van der Waals surface area contributed by atoms with Gasteiger partial charge in [-0.25, -0.2) is 8.78 Å². The summed E-state index contributed by atoms with van der Waals surface area (Å²) in [5.74, 6) is -1.32. The van der Waals surface area contributed by atoms with Gasteiger partial charge in [0.05, 0.1) is 5.56 Å². The first-order chi connectivity index (χ1) is 10.1. The Morgan fingerprint density at radius 2 is 1.86 bits per heavy atom. The summed E-state index contributed by atoms with van der Waals surface area (Å²) in [7, 11) is 0. The number of aryl methyl sites for hydroxylation is 1. The second-order valence-corrected chi connectivity index (χ2v) is 5.66. The van der Waals surface area contributed by atoms with Gasteiger partial charge in [0.2, 0.25) is 0 Å². The monoisotopic (exact) mass is 286 g/mol. The maximum atomic E-state index is 13.8. The van der Waals surface area contributed by atoms with Crippen LogP contribution in [0.4, 0.5) is 8.78 Å². The SMILES string of the molecule is Cc1cc(C(=O)c2cccc(C3CCC3)c2)c(F)cc1F. The van der Waals surface area contributed by atoms with Gasteiger partial charge >= 0.3 is 0 Å². The molecule has 108 valence electrons. The molecule has 0 bridgehead atoms. The van der Waals surface area contributed by atoms with E-state index in [1.54, 1.807) is 6.07 Å². The van der Waals surface area contributed by atoms with Crippen LogP contribution < -0.4 is 0 Å². The molecule has 0 radical (unpaired) electrons. The summed E-state index contributed by atoms with van der Waals surface area (Å²) in [4.78, 5) is 12.4. The predicted molar refractivity (Wildman–Crippen MR) is 77.6 cm³/mol. The van der Waals surface area contributed by atoms with Crippen molar-refractivity contribution >= 4 is 5.78 Å². The predicted octanol–water partition coefficient (Wildman–Crippen LogP) is 4.77. The molecule has 0 aromatic heterocycles. The highest BCUT2D eigenvalue weighted by Gasteiger charge is 2.21. The highest BCUT2D eigenvalue weighted by atomic mass is 19.1. The van der Waals surface area contributed by atoms with Gasteiger partial charge in [-0.05, 0) is 48.9 Å². The van der Waals surface area contributed by atoms with E-state index in [2.05, 4.69) is 0 Å². The minimum absolute atomic E-state index is 0.0698. The Labute approximate surface area is 122 Å². The maximum absolute atomic E-state index is 13.8. The molecule has 0 spiro atoms. The molecule has 0 saturated heterocycles. The van der Waals surface area contributed by atoms with Crippen LogP contribution in [0.1, 0.15) is 52.2 Å². The van der Waals surface area contributed by atoms with Gasteiger partial charge in [0.1, 0.15) is 11.6 Å². The van der Waals surface area contributed by atoms with Crippen LogP contribution in [0, 0.1) is 18.6 Å². The molecule has 0 heterocycles. The topological polar surface area (TPSA) is 17.1 Å². The fourth-order valence-corrected chi connectivity index (χ4v) is 2.66. The lowest BCUT2D eigenvalue weighted by atomic mass is 9.79. The van der Waals surface area contributed by atoms with Crippen molar-refractivity contribution in [2.45, 2.75) is 32.1 Å². The van der Waals surface area contributed by atoms with E-state index in [0.29, 0.717) is 11.5 Å². The molecule has 1 nitrogen and oxygen atoms in total. The molecule has 0 unspecified atom stereocenters. The fourth-order valence-electron chi connectivity index (χ4n) is 2.66. The molecule has 2 aromatic carbocycles. The fraction of sp³-hybridized carbons (Fsp3) is 0.278. The Bertz CT molecular complexity index is 702. The van der Waals surface area contributed by atoms with Crippen molar-refractivity contribution in [1.29, 1.82) is 0 Å². The Kier molecular flexibility index (Phi) is 3.58. The minimum Gasteiger partial charge on any atom is -0.288 e. The van der Waals surface area contributed by atoms with Crippen molar-refractivity contribution in [3.63, 3.8) is 0 Å². The van der Waals surface area contributed by atoms with E-state index in [-0.39, 0.29) is 11.1 Å². The van der Waals surface area contributed by atoms with Gasteiger partial charge in [-0.1, -0.05) is 24.6 Å². The number of hydrogen-bond acceptors (Lipinski definition) is 1. The summed E-state index contributed by atoms with van der Waals surface area (Å²) in [6.45, 7) is 1.52. The van der Waals surface area contributed by atoms with Gasteiger partial charge < -0.3 is 0 Å². The van der Waals surface area contributed by atoms with Gasteiger partial charge in [-0.15, -0.1) is 0 Å². The molecule has 3 heteroatoms. The van der Waals surface area contributed by atoms with Crippen molar-refractivity contribution in [3.05, 3.63) is 70.3 Å². The van der Waals surface area contributed by atoms with E-state index in [9.17, 15) is 13.6 Å². The van der Waals surface area contributed by atoms with Crippen molar-refractivity contribution in [3.8, 4) is 0 Å². The van der Waals surface area contributed by atoms with E-state index in [0.717, 1.165) is 24.5 Å². The molecule has 0 N–H and O–H groups in total. The summed E-state index contributed by atoms with van der Waals surface area (Å²) in [6.07, 6.45) is 3.50.